The Bertz CT molecular complexity index is 990. The average Bonchev–Trinajstić information content (AvgIpc) is 3.15. The third-order valence-electron chi connectivity index (χ3n) is 6.14. The summed E-state index contributed by atoms with van der Waals surface area (Å²) in [5.41, 5.74) is 7.42. The van der Waals surface area contributed by atoms with E-state index in [9.17, 15) is 4.79 Å². The number of amides is 1. The summed E-state index contributed by atoms with van der Waals surface area (Å²) in [6.07, 6.45) is 9.66. The molecular weight excluding hydrogens is 447 g/mol. The fourth-order valence-corrected chi connectivity index (χ4v) is 4.61. The summed E-state index contributed by atoms with van der Waals surface area (Å²) >= 11 is 0. The molecular formula is C25H27N3OY. The number of piperazine rings is 1. The van der Waals surface area contributed by atoms with E-state index in [0.29, 0.717) is 6.42 Å². The van der Waals surface area contributed by atoms with Crippen molar-refractivity contribution in [1.82, 2.24) is 4.90 Å². The van der Waals surface area contributed by atoms with Crippen molar-refractivity contribution in [2.45, 2.75) is 25.8 Å². The van der Waals surface area contributed by atoms with E-state index in [1.54, 1.807) is 0 Å². The molecule has 1 saturated heterocycles. The summed E-state index contributed by atoms with van der Waals surface area (Å²) in [5.74, 6) is 0.105. The van der Waals surface area contributed by atoms with Crippen molar-refractivity contribution in [2.75, 3.05) is 36.4 Å². The van der Waals surface area contributed by atoms with E-state index in [-0.39, 0.29) is 38.6 Å². The molecule has 0 bridgehead atoms. The van der Waals surface area contributed by atoms with Gasteiger partial charge in [0.05, 0.1) is 6.42 Å². The molecule has 30 heavy (non-hydrogen) atoms. The number of rotatable bonds is 4. The van der Waals surface area contributed by atoms with Gasteiger partial charge in [0.1, 0.15) is 0 Å². The van der Waals surface area contributed by atoms with Crippen LogP contribution in [0.2, 0.25) is 0 Å². The molecule has 0 aromatic heterocycles. The Balaban J connectivity index is 0.00000218. The Kier molecular flexibility index (Phi) is 6.87. The van der Waals surface area contributed by atoms with Crippen molar-refractivity contribution in [3.63, 3.8) is 0 Å². The van der Waals surface area contributed by atoms with Crippen molar-refractivity contribution in [3.8, 4) is 0 Å². The maximum atomic E-state index is 11.8. The second-order valence-electron chi connectivity index (χ2n) is 8.13. The first kappa shape index (κ1) is 21.5. The van der Waals surface area contributed by atoms with Crippen LogP contribution in [-0.2, 0) is 50.5 Å². The number of nitrogens with one attached hydrogen (secondary N) is 1. The molecule has 2 aromatic carbocycles. The summed E-state index contributed by atoms with van der Waals surface area (Å²) in [6, 6.07) is 15.2. The van der Waals surface area contributed by atoms with Gasteiger partial charge >= 0.3 is 0 Å². The number of hydrogen-bond donors (Lipinski definition) is 1. The molecule has 2 heterocycles. The minimum Gasteiger partial charge on any atom is -0.369 e. The Morgan fingerprint density at radius 1 is 0.967 bits per heavy atom. The molecule has 1 radical (unpaired) electrons. The molecule has 5 rings (SSSR count). The number of anilines is 2. The number of carbonyl (C=O) groups is 1. The third kappa shape index (κ3) is 4.61. The van der Waals surface area contributed by atoms with Gasteiger partial charge in [-0.1, -0.05) is 42.5 Å². The molecule has 0 spiro atoms. The van der Waals surface area contributed by atoms with Crippen LogP contribution in [0, 0.1) is 0 Å². The molecule has 1 fully saturated rings. The van der Waals surface area contributed by atoms with Crippen molar-refractivity contribution in [1.29, 1.82) is 0 Å². The average molecular weight is 474 g/mol. The van der Waals surface area contributed by atoms with Gasteiger partial charge in [-0.15, -0.1) is 0 Å². The smallest absolute Gasteiger partial charge is 0.228 e. The molecule has 0 saturated carbocycles. The number of fused-ring (bicyclic) bond motifs is 1. The van der Waals surface area contributed by atoms with Crippen LogP contribution >= 0.6 is 0 Å². The van der Waals surface area contributed by atoms with Crippen LogP contribution in [0.4, 0.5) is 11.4 Å². The number of nitrogens with zero attached hydrogens (tertiary/aromatic N) is 2. The molecule has 1 N–H and O–H groups in total. The molecule has 1 amide bonds. The zero-order chi connectivity index (χ0) is 19.6. The molecule has 2 aliphatic heterocycles. The van der Waals surface area contributed by atoms with Crippen molar-refractivity contribution in [3.05, 3.63) is 77.4 Å². The largest absolute Gasteiger partial charge is 0.369 e. The van der Waals surface area contributed by atoms with Crippen molar-refractivity contribution in [2.24, 2.45) is 0 Å². The predicted molar refractivity (Wildman–Crippen MR) is 119 cm³/mol. The van der Waals surface area contributed by atoms with E-state index in [0.717, 1.165) is 56.8 Å². The van der Waals surface area contributed by atoms with Gasteiger partial charge < -0.3 is 10.2 Å². The molecule has 0 atom stereocenters. The fraction of sp³-hybridized carbons (Fsp3) is 0.320. The molecule has 151 valence electrons. The predicted octanol–water partition coefficient (Wildman–Crippen LogP) is 4.23. The quantitative estimate of drug-likeness (QED) is 0.721. The van der Waals surface area contributed by atoms with Crippen LogP contribution < -0.4 is 10.2 Å². The van der Waals surface area contributed by atoms with Crippen molar-refractivity contribution < 1.29 is 37.5 Å². The molecule has 4 nitrogen and oxygen atoms in total. The molecule has 5 heteroatoms. The summed E-state index contributed by atoms with van der Waals surface area (Å²) in [7, 11) is 0. The molecule has 2 aromatic rings. The van der Waals surface area contributed by atoms with Crippen LogP contribution in [-0.4, -0.2) is 37.0 Å². The normalized spacial score (nSPS) is 18.5. The van der Waals surface area contributed by atoms with Crippen LogP contribution in [0.15, 0.2) is 60.7 Å². The van der Waals surface area contributed by atoms with E-state index < -0.39 is 0 Å². The maximum absolute atomic E-state index is 11.8. The van der Waals surface area contributed by atoms with Crippen LogP contribution in [0.3, 0.4) is 0 Å². The van der Waals surface area contributed by atoms with Crippen molar-refractivity contribution >= 4 is 22.9 Å². The number of benzene rings is 2. The van der Waals surface area contributed by atoms with Gasteiger partial charge in [-0.25, -0.2) is 0 Å². The van der Waals surface area contributed by atoms with E-state index in [1.807, 2.05) is 12.1 Å². The van der Waals surface area contributed by atoms with Gasteiger partial charge in [-0.2, -0.15) is 0 Å². The monoisotopic (exact) mass is 474 g/mol. The zero-order valence-electron chi connectivity index (χ0n) is 17.3. The maximum Gasteiger partial charge on any atom is 0.228 e. The number of hydrogen-bond acceptors (Lipinski definition) is 3. The van der Waals surface area contributed by atoms with Gasteiger partial charge in [-0.05, 0) is 47.7 Å². The summed E-state index contributed by atoms with van der Waals surface area (Å²) in [6.45, 7) is 5.07. The SMILES string of the molecule is O=C1Cc2c(cccc2N2CCN(Cc3cccc(C4=CCCC=C4)c3)CC2)N1.[Y]. The van der Waals surface area contributed by atoms with Crippen LogP contribution in [0.5, 0.6) is 0 Å². The van der Waals surface area contributed by atoms with Gasteiger partial charge in [0.2, 0.25) is 5.91 Å². The standard InChI is InChI=1S/C25H27N3O.Y/c29-25-17-22-23(26-25)10-5-11-24(22)28-14-12-27(13-15-28)18-19-6-4-9-21(16-19)20-7-2-1-3-8-20;/h2,4-11,16H,1,3,12-15,17-18H2,(H,26,29);. The van der Waals surface area contributed by atoms with E-state index in [2.05, 4.69) is 63.7 Å². The van der Waals surface area contributed by atoms with Gasteiger partial charge in [0, 0.05) is 82.4 Å². The minimum atomic E-state index is 0. The first-order valence-electron chi connectivity index (χ1n) is 10.6. The topological polar surface area (TPSA) is 35.6 Å². The van der Waals surface area contributed by atoms with E-state index in [1.165, 1.54) is 22.4 Å². The third-order valence-corrected chi connectivity index (χ3v) is 6.14. The number of carbonyl (C=O) groups excluding carboxylic acids is 1. The Morgan fingerprint density at radius 2 is 1.80 bits per heavy atom. The molecule has 1 aliphatic carbocycles. The van der Waals surface area contributed by atoms with E-state index >= 15 is 0 Å². The summed E-state index contributed by atoms with van der Waals surface area (Å²) in [5, 5.41) is 2.97. The minimum absolute atomic E-state index is 0. The molecule has 0 unspecified atom stereocenters. The summed E-state index contributed by atoms with van der Waals surface area (Å²) in [4.78, 5) is 16.8. The van der Waals surface area contributed by atoms with Crippen LogP contribution in [0.25, 0.3) is 5.57 Å². The van der Waals surface area contributed by atoms with Gasteiger partial charge in [-0.3, -0.25) is 9.69 Å². The zero-order valence-corrected chi connectivity index (χ0v) is 20.1. The van der Waals surface area contributed by atoms with Gasteiger partial charge in [0.15, 0.2) is 0 Å². The second kappa shape index (κ2) is 9.59. The summed E-state index contributed by atoms with van der Waals surface area (Å²) < 4.78 is 0. The van der Waals surface area contributed by atoms with Crippen LogP contribution in [0.1, 0.15) is 29.5 Å². The fourth-order valence-electron chi connectivity index (χ4n) is 4.61. The Labute approximate surface area is 203 Å². The van der Waals surface area contributed by atoms with Gasteiger partial charge in [0.25, 0.3) is 0 Å². The first-order valence-corrected chi connectivity index (χ1v) is 10.6. The van der Waals surface area contributed by atoms with E-state index in [4.69, 9.17) is 0 Å². The first-order chi connectivity index (χ1) is 14.3. The Hall–Kier alpha value is -1.75. The second-order valence-corrected chi connectivity index (χ2v) is 8.13. The number of allylic oxidation sites excluding steroid dienone is 4. The molecule has 3 aliphatic rings. The Morgan fingerprint density at radius 3 is 2.60 bits per heavy atom.